The van der Waals surface area contributed by atoms with E-state index in [4.69, 9.17) is 5.11 Å². The second kappa shape index (κ2) is 6.05. The molecule has 0 spiro atoms. The van der Waals surface area contributed by atoms with Crippen molar-refractivity contribution in [2.75, 3.05) is 5.32 Å². The van der Waals surface area contributed by atoms with Crippen LogP contribution in [0.15, 0.2) is 41.0 Å². The molecule has 0 aliphatic rings. The Morgan fingerprint density at radius 3 is 2.45 bits per heavy atom. The van der Waals surface area contributed by atoms with Crippen LogP contribution in [0.4, 0.5) is 11.5 Å². The number of anilines is 2. The molecule has 2 aromatic rings. The summed E-state index contributed by atoms with van der Waals surface area (Å²) in [7, 11) is 0. The molecule has 1 aromatic heterocycles. The molecule has 20 heavy (non-hydrogen) atoms. The van der Waals surface area contributed by atoms with Gasteiger partial charge in [0.15, 0.2) is 0 Å². The van der Waals surface area contributed by atoms with Crippen LogP contribution in [0.3, 0.4) is 0 Å². The van der Waals surface area contributed by atoms with Crippen LogP contribution in [0, 0.1) is 0 Å². The van der Waals surface area contributed by atoms with Gasteiger partial charge in [-0.15, -0.1) is 0 Å². The molecule has 2 N–H and O–H groups in total. The molecule has 0 saturated heterocycles. The number of nitrogens with one attached hydrogen (secondary N) is 1. The number of halogens is 1. The number of benzene rings is 1. The van der Waals surface area contributed by atoms with Crippen molar-refractivity contribution in [3.8, 4) is 0 Å². The highest BCUT2D eigenvalue weighted by molar-refractivity contribution is 9.10. The molecule has 0 aliphatic carbocycles. The summed E-state index contributed by atoms with van der Waals surface area (Å²) in [5.41, 5.74) is 2.33. The Morgan fingerprint density at radius 1 is 1.30 bits per heavy atom. The zero-order chi connectivity index (χ0) is 14.7. The van der Waals surface area contributed by atoms with E-state index in [9.17, 15) is 4.79 Å². The van der Waals surface area contributed by atoms with E-state index < -0.39 is 5.97 Å². The van der Waals surface area contributed by atoms with Gasteiger partial charge in [-0.1, -0.05) is 26.0 Å². The summed E-state index contributed by atoms with van der Waals surface area (Å²) < 4.78 is 0.616. The molecular weight excluding hydrogens is 320 g/mol. The van der Waals surface area contributed by atoms with E-state index in [0.29, 0.717) is 16.2 Å². The fraction of sp³-hybridized carbons (Fsp3) is 0.200. The normalized spacial score (nSPS) is 10.6. The van der Waals surface area contributed by atoms with Gasteiger partial charge in [0.2, 0.25) is 0 Å². The maximum absolute atomic E-state index is 10.8. The third-order valence-corrected chi connectivity index (χ3v) is 3.53. The molecule has 2 rings (SSSR count). The van der Waals surface area contributed by atoms with Crippen molar-refractivity contribution in [1.82, 2.24) is 4.98 Å². The van der Waals surface area contributed by atoms with Gasteiger partial charge in [0.05, 0.1) is 10.0 Å². The van der Waals surface area contributed by atoms with Gasteiger partial charge in [-0.05, 0) is 45.6 Å². The second-order valence-corrected chi connectivity index (χ2v) is 5.62. The lowest BCUT2D eigenvalue weighted by Crippen LogP contribution is -2.00. The molecule has 104 valence electrons. The van der Waals surface area contributed by atoms with Crippen molar-refractivity contribution < 1.29 is 9.90 Å². The van der Waals surface area contributed by atoms with Crippen LogP contribution < -0.4 is 5.32 Å². The quantitative estimate of drug-likeness (QED) is 0.869. The average Bonchev–Trinajstić information content (AvgIpc) is 2.41. The summed E-state index contributed by atoms with van der Waals surface area (Å²) in [5.74, 6) is 0.0853. The van der Waals surface area contributed by atoms with E-state index in [2.05, 4.69) is 52.2 Å². The van der Waals surface area contributed by atoms with Crippen molar-refractivity contribution in [1.29, 1.82) is 0 Å². The fourth-order valence-corrected chi connectivity index (χ4v) is 2.18. The van der Waals surface area contributed by atoms with E-state index in [1.165, 1.54) is 17.8 Å². The van der Waals surface area contributed by atoms with Crippen LogP contribution in [-0.4, -0.2) is 16.1 Å². The Balaban J connectivity index is 2.19. The summed E-state index contributed by atoms with van der Waals surface area (Å²) >= 11 is 3.32. The van der Waals surface area contributed by atoms with E-state index in [1.54, 1.807) is 0 Å². The number of carboxylic acid groups (broad SMARTS) is 1. The largest absolute Gasteiger partial charge is 0.478 e. The van der Waals surface area contributed by atoms with Crippen LogP contribution in [0.1, 0.15) is 35.7 Å². The second-order valence-electron chi connectivity index (χ2n) is 4.76. The van der Waals surface area contributed by atoms with Crippen LogP contribution in [0.25, 0.3) is 0 Å². The van der Waals surface area contributed by atoms with Crippen molar-refractivity contribution in [2.45, 2.75) is 19.8 Å². The van der Waals surface area contributed by atoms with Gasteiger partial charge in [0, 0.05) is 11.9 Å². The highest BCUT2D eigenvalue weighted by atomic mass is 79.9. The predicted molar refractivity (Wildman–Crippen MR) is 82.7 cm³/mol. The third kappa shape index (κ3) is 3.36. The zero-order valence-electron chi connectivity index (χ0n) is 11.2. The van der Waals surface area contributed by atoms with Gasteiger partial charge < -0.3 is 10.4 Å². The minimum atomic E-state index is -0.994. The molecule has 0 bridgehead atoms. The number of aromatic nitrogens is 1. The topological polar surface area (TPSA) is 62.2 Å². The van der Waals surface area contributed by atoms with Gasteiger partial charge in [0.25, 0.3) is 0 Å². The Bertz CT molecular complexity index is 624. The summed E-state index contributed by atoms with van der Waals surface area (Å²) in [6.45, 7) is 4.29. The molecule has 0 radical (unpaired) electrons. The molecular formula is C15H15BrN2O2. The third-order valence-electron chi connectivity index (χ3n) is 2.93. The number of pyridine rings is 1. The molecule has 0 fully saturated rings. The molecule has 1 aromatic carbocycles. The van der Waals surface area contributed by atoms with E-state index in [-0.39, 0.29) is 5.56 Å². The Hall–Kier alpha value is -1.88. The summed E-state index contributed by atoms with van der Waals surface area (Å²) in [6, 6.07) is 9.61. The number of hydrogen-bond acceptors (Lipinski definition) is 3. The van der Waals surface area contributed by atoms with Crippen molar-refractivity contribution in [3.05, 3.63) is 52.1 Å². The molecule has 0 amide bonds. The standard InChI is InChI=1S/C15H15BrN2O2/c1-9(2)10-3-5-12(6-4-10)18-14-13(16)7-11(8-17-14)15(19)20/h3-9H,1-2H3,(H,17,18)(H,19,20). The molecule has 0 aliphatic heterocycles. The van der Waals surface area contributed by atoms with Crippen molar-refractivity contribution >= 4 is 33.4 Å². The number of carbonyl (C=O) groups is 1. The monoisotopic (exact) mass is 334 g/mol. The fourth-order valence-electron chi connectivity index (χ4n) is 1.73. The predicted octanol–water partition coefficient (Wildman–Crippen LogP) is 4.41. The first-order valence-corrected chi connectivity index (χ1v) is 7.02. The SMILES string of the molecule is CC(C)c1ccc(Nc2ncc(C(=O)O)cc2Br)cc1. The highest BCUT2D eigenvalue weighted by Gasteiger charge is 2.08. The molecule has 1 heterocycles. The number of aromatic carboxylic acids is 1. The first-order chi connectivity index (χ1) is 9.47. The highest BCUT2D eigenvalue weighted by Crippen LogP contribution is 2.25. The molecule has 5 heteroatoms. The minimum Gasteiger partial charge on any atom is -0.478 e. The van der Waals surface area contributed by atoms with Crippen LogP contribution in [0.5, 0.6) is 0 Å². The summed E-state index contributed by atoms with van der Waals surface area (Å²) in [6.07, 6.45) is 1.33. The minimum absolute atomic E-state index is 0.151. The maximum Gasteiger partial charge on any atom is 0.337 e. The van der Waals surface area contributed by atoms with Crippen molar-refractivity contribution in [2.24, 2.45) is 0 Å². The van der Waals surface area contributed by atoms with Crippen LogP contribution >= 0.6 is 15.9 Å². The van der Waals surface area contributed by atoms with Gasteiger partial charge in [-0.3, -0.25) is 0 Å². The Kier molecular flexibility index (Phi) is 4.39. The molecule has 0 atom stereocenters. The molecule has 0 saturated carbocycles. The van der Waals surface area contributed by atoms with Crippen LogP contribution in [0.2, 0.25) is 0 Å². The van der Waals surface area contributed by atoms with E-state index in [1.807, 2.05) is 12.1 Å². The first kappa shape index (κ1) is 14.5. The number of nitrogens with zero attached hydrogens (tertiary/aromatic N) is 1. The Labute approximate surface area is 126 Å². The molecule has 0 unspecified atom stereocenters. The van der Waals surface area contributed by atoms with E-state index >= 15 is 0 Å². The lowest BCUT2D eigenvalue weighted by molar-refractivity contribution is 0.0696. The lowest BCUT2D eigenvalue weighted by atomic mass is 10.0. The van der Waals surface area contributed by atoms with Gasteiger partial charge in [-0.2, -0.15) is 0 Å². The lowest BCUT2D eigenvalue weighted by Gasteiger charge is -2.10. The molecule has 4 nitrogen and oxygen atoms in total. The maximum atomic E-state index is 10.8. The Morgan fingerprint density at radius 2 is 1.95 bits per heavy atom. The summed E-state index contributed by atoms with van der Waals surface area (Å²) in [5, 5.41) is 12.0. The van der Waals surface area contributed by atoms with Gasteiger partial charge in [-0.25, -0.2) is 9.78 Å². The smallest absolute Gasteiger partial charge is 0.337 e. The summed E-state index contributed by atoms with van der Waals surface area (Å²) in [4.78, 5) is 15.0. The number of rotatable bonds is 4. The van der Waals surface area contributed by atoms with E-state index in [0.717, 1.165) is 5.69 Å². The van der Waals surface area contributed by atoms with Gasteiger partial charge in [0.1, 0.15) is 5.82 Å². The van der Waals surface area contributed by atoms with Gasteiger partial charge >= 0.3 is 5.97 Å². The average molecular weight is 335 g/mol. The number of hydrogen-bond donors (Lipinski definition) is 2. The first-order valence-electron chi connectivity index (χ1n) is 6.23. The van der Waals surface area contributed by atoms with Crippen LogP contribution in [-0.2, 0) is 0 Å². The van der Waals surface area contributed by atoms with Crippen molar-refractivity contribution in [3.63, 3.8) is 0 Å². The number of carboxylic acids is 1. The zero-order valence-corrected chi connectivity index (χ0v) is 12.8.